The van der Waals surface area contributed by atoms with Gasteiger partial charge in [-0.05, 0) is 37.1 Å². The molecule has 0 aromatic heterocycles. The molecule has 0 saturated heterocycles. The van der Waals surface area contributed by atoms with Gasteiger partial charge in [0, 0.05) is 5.56 Å². The minimum Gasteiger partial charge on any atom is -0.391 e. The molecule has 2 aromatic carbocycles. The number of rotatable bonds is 7. The average molecular weight is 414 g/mol. The zero-order chi connectivity index (χ0) is 23.8. The number of amides is 1. The molecule has 0 spiro atoms. The van der Waals surface area contributed by atoms with Crippen LogP contribution in [0, 0.1) is 0 Å². The van der Waals surface area contributed by atoms with Crippen molar-refractivity contribution < 1.29 is 9.90 Å². The van der Waals surface area contributed by atoms with Gasteiger partial charge in [-0.1, -0.05) is 96.9 Å². The lowest BCUT2D eigenvalue weighted by atomic mass is 9.98. The first-order valence-electron chi connectivity index (χ1n) is 11.1. The summed E-state index contributed by atoms with van der Waals surface area (Å²) in [6.45, 7) is 13.9. The second kappa shape index (κ2) is 24.9. The normalized spacial score (nSPS) is 10.6. The van der Waals surface area contributed by atoms with Crippen LogP contribution in [-0.4, -0.2) is 37.6 Å². The molecule has 5 heteroatoms. The molecule has 0 aliphatic rings. The Balaban J connectivity index is -0.000000815. The van der Waals surface area contributed by atoms with Gasteiger partial charge in [-0.15, -0.1) is 0 Å². The SMILES string of the molecule is CC.CC.CC.NCC[C@H](O)[C@H](Cc1ccccc1)NC(=O)c1ccccc1.[B]C. The lowest BCUT2D eigenvalue weighted by molar-refractivity contribution is 0.0819. The van der Waals surface area contributed by atoms with E-state index in [0.717, 1.165) is 5.56 Å². The Bertz CT molecular complexity index is 580. The summed E-state index contributed by atoms with van der Waals surface area (Å²) in [6.07, 6.45) is 0.352. The quantitative estimate of drug-likeness (QED) is 0.557. The summed E-state index contributed by atoms with van der Waals surface area (Å²) in [5.41, 5.74) is 7.18. The smallest absolute Gasteiger partial charge is 0.251 e. The maximum Gasteiger partial charge on any atom is 0.251 e. The predicted octanol–water partition coefficient (Wildman–Crippen LogP) is 5.02. The van der Waals surface area contributed by atoms with Crippen molar-refractivity contribution in [1.29, 1.82) is 0 Å². The zero-order valence-electron chi connectivity index (χ0n) is 20.1. The molecular weight excluding hydrogens is 371 g/mol. The first kappa shape index (κ1) is 32.6. The zero-order valence-corrected chi connectivity index (χ0v) is 20.1. The third-order valence-electron chi connectivity index (χ3n) is 3.58. The molecular formula is C25H43BN2O2. The Hall–Kier alpha value is -2.11. The number of benzene rings is 2. The van der Waals surface area contributed by atoms with Gasteiger partial charge in [0.25, 0.3) is 5.91 Å². The van der Waals surface area contributed by atoms with Crippen LogP contribution in [0.2, 0.25) is 6.82 Å². The van der Waals surface area contributed by atoms with Crippen molar-refractivity contribution in [3.8, 4) is 0 Å². The van der Waals surface area contributed by atoms with Crippen molar-refractivity contribution in [3.63, 3.8) is 0 Å². The molecule has 2 atom stereocenters. The molecule has 0 heterocycles. The van der Waals surface area contributed by atoms with Gasteiger partial charge in [-0.2, -0.15) is 0 Å². The third kappa shape index (κ3) is 14.8. The molecule has 0 bridgehead atoms. The highest BCUT2D eigenvalue weighted by atomic mass is 16.3. The van der Waals surface area contributed by atoms with E-state index in [2.05, 4.69) is 13.2 Å². The van der Waals surface area contributed by atoms with Crippen LogP contribution in [-0.2, 0) is 6.42 Å². The van der Waals surface area contributed by atoms with Crippen molar-refractivity contribution >= 4 is 13.8 Å². The van der Waals surface area contributed by atoms with Crippen LogP contribution in [0.25, 0.3) is 0 Å². The second-order valence-electron chi connectivity index (χ2n) is 5.28. The Kier molecular flexibility index (Phi) is 27.1. The Labute approximate surface area is 186 Å². The van der Waals surface area contributed by atoms with E-state index in [9.17, 15) is 9.90 Å². The van der Waals surface area contributed by atoms with Gasteiger partial charge < -0.3 is 16.2 Å². The largest absolute Gasteiger partial charge is 0.391 e. The molecule has 1 amide bonds. The first-order chi connectivity index (χ1) is 14.7. The van der Waals surface area contributed by atoms with Gasteiger partial charge in [-0.3, -0.25) is 4.79 Å². The van der Waals surface area contributed by atoms with E-state index in [1.165, 1.54) is 6.82 Å². The molecule has 0 aliphatic heterocycles. The van der Waals surface area contributed by atoms with E-state index in [4.69, 9.17) is 5.73 Å². The Morgan fingerprint density at radius 1 is 0.900 bits per heavy atom. The number of hydrogen-bond acceptors (Lipinski definition) is 3. The molecule has 2 rings (SSSR count). The summed E-state index contributed by atoms with van der Waals surface area (Å²) in [5, 5.41) is 13.2. The second-order valence-corrected chi connectivity index (χ2v) is 5.28. The molecule has 0 unspecified atom stereocenters. The fraction of sp³-hybridized carbons (Fsp3) is 0.480. The lowest BCUT2D eigenvalue weighted by Crippen LogP contribution is -2.45. The maximum absolute atomic E-state index is 12.3. The molecule has 30 heavy (non-hydrogen) atoms. The standard InChI is InChI=1S/C18H22N2O2.3C2H6.CH3B/c19-12-11-17(21)16(13-14-7-3-1-4-8-14)20-18(22)15-9-5-2-6-10-15;4*1-2/h1-10,16-17,21H,11-13,19H2,(H,20,22);3*1-2H3;1H3/t16-,17-;;;;/m0..../s1. The Morgan fingerprint density at radius 3 is 1.77 bits per heavy atom. The monoisotopic (exact) mass is 414 g/mol. The number of hydrogen-bond donors (Lipinski definition) is 3. The van der Waals surface area contributed by atoms with Crippen LogP contribution in [0.1, 0.15) is 63.9 Å². The molecule has 4 nitrogen and oxygen atoms in total. The van der Waals surface area contributed by atoms with E-state index in [0.29, 0.717) is 24.9 Å². The molecule has 168 valence electrons. The molecule has 0 aliphatic carbocycles. The molecule has 0 saturated carbocycles. The Morgan fingerprint density at radius 2 is 1.33 bits per heavy atom. The first-order valence-corrected chi connectivity index (χ1v) is 11.1. The van der Waals surface area contributed by atoms with Gasteiger partial charge in [0.15, 0.2) is 0 Å². The van der Waals surface area contributed by atoms with Crippen LogP contribution in [0.4, 0.5) is 0 Å². The van der Waals surface area contributed by atoms with Crippen molar-refractivity contribution in [2.24, 2.45) is 5.73 Å². The highest BCUT2D eigenvalue weighted by Crippen LogP contribution is 2.10. The average Bonchev–Trinajstić information content (AvgIpc) is 2.85. The molecule has 4 N–H and O–H groups in total. The minimum absolute atomic E-state index is 0.183. The van der Waals surface area contributed by atoms with Gasteiger partial charge >= 0.3 is 0 Å². The van der Waals surface area contributed by atoms with Crippen molar-refractivity contribution in [3.05, 3.63) is 71.8 Å². The van der Waals surface area contributed by atoms with Gasteiger partial charge in [0.1, 0.15) is 0 Å². The van der Waals surface area contributed by atoms with Crippen LogP contribution in [0.15, 0.2) is 60.7 Å². The van der Waals surface area contributed by atoms with Crippen LogP contribution >= 0.6 is 0 Å². The summed E-state index contributed by atoms with van der Waals surface area (Å²) < 4.78 is 0. The maximum atomic E-state index is 12.3. The number of nitrogens with one attached hydrogen (secondary N) is 1. The lowest BCUT2D eigenvalue weighted by Gasteiger charge is -2.24. The van der Waals surface area contributed by atoms with E-state index in [-0.39, 0.29) is 11.9 Å². The number of carbonyl (C=O) groups is 1. The molecule has 2 radical (unpaired) electrons. The summed E-state index contributed by atoms with van der Waals surface area (Å²) in [4.78, 5) is 12.3. The summed E-state index contributed by atoms with van der Waals surface area (Å²) in [5.74, 6) is -0.183. The van der Waals surface area contributed by atoms with Crippen LogP contribution in [0.3, 0.4) is 0 Å². The van der Waals surface area contributed by atoms with Crippen molar-refractivity contribution in [1.82, 2.24) is 5.32 Å². The van der Waals surface area contributed by atoms with Crippen molar-refractivity contribution in [2.45, 2.75) is 73.4 Å². The summed E-state index contributed by atoms with van der Waals surface area (Å²) >= 11 is 0. The van der Waals surface area contributed by atoms with Crippen LogP contribution < -0.4 is 11.1 Å². The van der Waals surface area contributed by atoms with E-state index < -0.39 is 6.10 Å². The van der Waals surface area contributed by atoms with Crippen LogP contribution in [0.5, 0.6) is 0 Å². The van der Waals surface area contributed by atoms with Crippen molar-refractivity contribution in [2.75, 3.05) is 6.54 Å². The highest BCUT2D eigenvalue weighted by Gasteiger charge is 2.21. The van der Waals surface area contributed by atoms with E-state index >= 15 is 0 Å². The number of carbonyl (C=O) groups excluding carboxylic acids is 1. The van der Waals surface area contributed by atoms with Gasteiger partial charge in [-0.25, -0.2) is 0 Å². The van der Waals surface area contributed by atoms with Gasteiger partial charge in [0.05, 0.1) is 20.0 Å². The highest BCUT2D eigenvalue weighted by molar-refractivity contribution is 6.05. The summed E-state index contributed by atoms with van der Waals surface area (Å²) in [6, 6.07) is 18.4. The molecule has 0 fully saturated rings. The fourth-order valence-electron chi connectivity index (χ4n) is 2.36. The van der Waals surface area contributed by atoms with E-state index in [1.807, 2.05) is 90.1 Å². The summed E-state index contributed by atoms with van der Waals surface area (Å²) in [7, 11) is 4.50. The number of aliphatic hydroxyl groups excluding tert-OH is 1. The minimum atomic E-state index is -0.669. The molecule has 2 aromatic rings. The third-order valence-corrected chi connectivity index (χ3v) is 3.58. The topological polar surface area (TPSA) is 75.3 Å². The predicted molar refractivity (Wildman–Crippen MR) is 133 cm³/mol. The van der Waals surface area contributed by atoms with E-state index in [1.54, 1.807) is 12.1 Å². The fourth-order valence-corrected chi connectivity index (χ4v) is 2.36. The number of nitrogens with two attached hydrogens (primary N) is 1. The van der Waals surface area contributed by atoms with Gasteiger partial charge in [0.2, 0.25) is 0 Å². The number of aliphatic hydroxyl groups is 1.